The summed E-state index contributed by atoms with van der Waals surface area (Å²) in [4.78, 5) is 11.6. The molecule has 17 heavy (non-hydrogen) atoms. The van der Waals surface area contributed by atoms with Crippen molar-refractivity contribution in [2.45, 2.75) is 24.8 Å². The highest BCUT2D eigenvalue weighted by molar-refractivity contribution is 5.98. The molecule has 1 amide bonds. The number of nitrogens with one attached hydrogen (secondary N) is 1. The van der Waals surface area contributed by atoms with Gasteiger partial charge in [0.15, 0.2) is 17.5 Å². The van der Waals surface area contributed by atoms with Crippen molar-refractivity contribution in [2.75, 3.05) is 5.32 Å². The molecule has 2 rings (SSSR count). The molecule has 6 heteroatoms. The Morgan fingerprint density at radius 3 is 2.18 bits per heavy atom. The molecule has 1 fully saturated rings. The molecule has 0 bridgehead atoms. The smallest absolute Gasteiger partial charge is 0.244 e. The van der Waals surface area contributed by atoms with Crippen LogP contribution in [0.2, 0.25) is 0 Å². The van der Waals surface area contributed by atoms with E-state index in [4.69, 9.17) is 5.73 Å². The fraction of sp³-hybridized carbons (Fsp3) is 0.364. The van der Waals surface area contributed by atoms with E-state index in [1.54, 1.807) is 0 Å². The van der Waals surface area contributed by atoms with Crippen molar-refractivity contribution in [1.29, 1.82) is 0 Å². The van der Waals surface area contributed by atoms with E-state index in [0.717, 1.165) is 18.6 Å². The van der Waals surface area contributed by atoms with Crippen LogP contribution in [0.15, 0.2) is 12.1 Å². The SMILES string of the molecule is NC1(C(=O)Nc2cc(F)c(F)c(F)c2)CCC1. The van der Waals surface area contributed by atoms with Gasteiger partial charge in [-0.15, -0.1) is 0 Å². The van der Waals surface area contributed by atoms with Crippen LogP contribution in [0.5, 0.6) is 0 Å². The Morgan fingerprint density at radius 2 is 1.76 bits per heavy atom. The molecule has 0 heterocycles. The van der Waals surface area contributed by atoms with Crippen molar-refractivity contribution in [3.63, 3.8) is 0 Å². The van der Waals surface area contributed by atoms with E-state index in [2.05, 4.69) is 5.32 Å². The average molecular weight is 244 g/mol. The fourth-order valence-corrected chi connectivity index (χ4v) is 1.67. The van der Waals surface area contributed by atoms with E-state index < -0.39 is 28.9 Å². The van der Waals surface area contributed by atoms with Gasteiger partial charge >= 0.3 is 0 Å². The Balaban J connectivity index is 2.16. The van der Waals surface area contributed by atoms with Gasteiger partial charge in [0.2, 0.25) is 5.91 Å². The lowest BCUT2D eigenvalue weighted by Gasteiger charge is -2.36. The molecule has 0 radical (unpaired) electrons. The molecule has 1 aromatic rings. The van der Waals surface area contributed by atoms with E-state index >= 15 is 0 Å². The molecule has 1 aromatic carbocycles. The quantitative estimate of drug-likeness (QED) is 0.781. The van der Waals surface area contributed by atoms with E-state index in [0.29, 0.717) is 12.8 Å². The normalized spacial score (nSPS) is 17.4. The van der Waals surface area contributed by atoms with Crippen LogP contribution in [-0.4, -0.2) is 11.4 Å². The first-order chi connectivity index (χ1) is 7.92. The van der Waals surface area contributed by atoms with E-state index in [-0.39, 0.29) is 5.69 Å². The number of amides is 1. The third kappa shape index (κ3) is 2.12. The summed E-state index contributed by atoms with van der Waals surface area (Å²) in [5.41, 5.74) is 4.62. The standard InChI is InChI=1S/C11H11F3N2O/c12-7-4-6(5-8(13)9(7)14)16-10(17)11(15)2-1-3-11/h4-5H,1-3,15H2,(H,16,17). The summed E-state index contributed by atoms with van der Waals surface area (Å²) < 4.78 is 38.4. The van der Waals surface area contributed by atoms with Gasteiger partial charge in [0.05, 0.1) is 5.54 Å². The van der Waals surface area contributed by atoms with Crippen LogP contribution >= 0.6 is 0 Å². The monoisotopic (exact) mass is 244 g/mol. The second-order valence-corrected chi connectivity index (χ2v) is 4.22. The van der Waals surface area contributed by atoms with Crippen LogP contribution in [0.25, 0.3) is 0 Å². The lowest BCUT2D eigenvalue weighted by Crippen LogP contribution is -2.56. The molecule has 0 aromatic heterocycles. The lowest BCUT2D eigenvalue weighted by molar-refractivity contribution is -0.123. The van der Waals surface area contributed by atoms with Crippen molar-refractivity contribution in [2.24, 2.45) is 5.73 Å². The maximum absolute atomic E-state index is 12.9. The fourth-order valence-electron chi connectivity index (χ4n) is 1.67. The minimum atomic E-state index is -1.56. The molecule has 0 aliphatic heterocycles. The van der Waals surface area contributed by atoms with Gasteiger partial charge in [-0.2, -0.15) is 0 Å². The summed E-state index contributed by atoms with van der Waals surface area (Å²) >= 11 is 0. The molecular weight excluding hydrogens is 233 g/mol. The summed E-state index contributed by atoms with van der Waals surface area (Å²) in [6.07, 6.45) is 1.91. The first kappa shape index (κ1) is 11.9. The minimum Gasteiger partial charge on any atom is -0.324 e. The zero-order valence-corrected chi connectivity index (χ0v) is 8.90. The van der Waals surface area contributed by atoms with Crippen molar-refractivity contribution in [3.8, 4) is 0 Å². The summed E-state index contributed by atoms with van der Waals surface area (Å²) in [7, 11) is 0. The van der Waals surface area contributed by atoms with Gasteiger partial charge in [-0.25, -0.2) is 13.2 Å². The van der Waals surface area contributed by atoms with Gasteiger partial charge in [0.25, 0.3) is 0 Å². The van der Waals surface area contributed by atoms with Gasteiger partial charge in [-0.1, -0.05) is 0 Å². The zero-order valence-electron chi connectivity index (χ0n) is 8.90. The van der Waals surface area contributed by atoms with Gasteiger partial charge in [0, 0.05) is 17.8 Å². The molecule has 0 atom stereocenters. The molecule has 3 N–H and O–H groups in total. The predicted molar refractivity (Wildman–Crippen MR) is 55.7 cm³/mol. The Morgan fingerprint density at radius 1 is 1.24 bits per heavy atom. The third-order valence-electron chi connectivity index (χ3n) is 2.94. The highest BCUT2D eigenvalue weighted by Crippen LogP contribution is 2.30. The van der Waals surface area contributed by atoms with Crippen molar-refractivity contribution in [1.82, 2.24) is 0 Å². The Kier molecular flexibility index (Phi) is 2.82. The summed E-state index contributed by atoms with van der Waals surface area (Å²) in [5, 5.41) is 2.28. The summed E-state index contributed by atoms with van der Waals surface area (Å²) in [6.45, 7) is 0. The van der Waals surface area contributed by atoms with Gasteiger partial charge in [-0.05, 0) is 19.3 Å². The summed E-state index contributed by atoms with van der Waals surface area (Å²) in [6, 6.07) is 1.44. The summed E-state index contributed by atoms with van der Waals surface area (Å²) in [5.74, 6) is -4.76. The van der Waals surface area contributed by atoms with Crippen LogP contribution in [0, 0.1) is 17.5 Å². The molecule has 1 aliphatic rings. The average Bonchev–Trinajstić information content (AvgIpc) is 2.22. The lowest BCUT2D eigenvalue weighted by atomic mass is 9.77. The van der Waals surface area contributed by atoms with Crippen LogP contribution < -0.4 is 11.1 Å². The first-order valence-electron chi connectivity index (χ1n) is 5.17. The maximum atomic E-state index is 12.9. The third-order valence-corrected chi connectivity index (χ3v) is 2.94. The number of benzene rings is 1. The Hall–Kier alpha value is -1.56. The van der Waals surface area contributed by atoms with Gasteiger partial charge in [0.1, 0.15) is 0 Å². The minimum absolute atomic E-state index is 0.136. The highest BCUT2D eigenvalue weighted by atomic mass is 19.2. The van der Waals surface area contributed by atoms with E-state index in [9.17, 15) is 18.0 Å². The molecule has 0 spiro atoms. The molecule has 0 unspecified atom stereocenters. The van der Waals surface area contributed by atoms with E-state index in [1.165, 1.54) is 0 Å². The molecule has 92 valence electrons. The van der Waals surface area contributed by atoms with Crippen LogP contribution in [0.1, 0.15) is 19.3 Å². The zero-order chi connectivity index (χ0) is 12.6. The number of hydrogen-bond acceptors (Lipinski definition) is 2. The second kappa shape index (κ2) is 4.03. The van der Waals surface area contributed by atoms with Crippen LogP contribution in [-0.2, 0) is 4.79 Å². The Labute approximate surface area is 95.8 Å². The van der Waals surface area contributed by atoms with E-state index in [1.807, 2.05) is 0 Å². The van der Waals surface area contributed by atoms with Gasteiger partial charge < -0.3 is 11.1 Å². The van der Waals surface area contributed by atoms with Crippen molar-refractivity contribution < 1.29 is 18.0 Å². The number of rotatable bonds is 2. The van der Waals surface area contributed by atoms with Crippen LogP contribution in [0.3, 0.4) is 0 Å². The second-order valence-electron chi connectivity index (χ2n) is 4.22. The molecule has 1 saturated carbocycles. The number of carbonyl (C=O) groups is 1. The highest BCUT2D eigenvalue weighted by Gasteiger charge is 2.40. The molecular formula is C11H11F3N2O. The first-order valence-corrected chi connectivity index (χ1v) is 5.17. The number of nitrogens with two attached hydrogens (primary N) is 1. The molecule has 3 nitrogen and oxygen atoms in total. The molecule has 0 saturated heterocycles. The number of halogens is 3. The van der Waals surface area contributed by atoms with Crippen LogP contribution in [0.4, 0.5) is 18.9 Å². The molecule has 1 aliphatic carbocycles. The largest absolute Gasteiger partial charge is 0.324 e. The number of anilines is 1. The number of hydrogen-bond donors (Lipinski definition) is 2. The topological polar surface area (TPSA) is 55.1 Å². The Bertz CT molecular complexity index is 449. The van der Waals surface area contributed by atoms with Crippen molar-refractivity contribution in [3.05, 3.63) is 29.6 Å². The predicted octanol–water partition coefficient (Wildman–Crippen LogP) is 1.92. The van der Waals surface area contributed by atoms with Crippen molar-refractivity contribution >= 4 is 11.6 Å². The maximum Gasteiger partial charge on any atom is 0.244 e. The number of carbonyl (C=O) groups excluding carboxylic acids is 1. The van der Waals surface area contributed by atoms with Gasteiger partial charge in [-0.3, -0.25) is 4.79 Å².